The van der Waals surface area contributed by atoms with Gasteiger partial charge >= 0.3 is 5.97 Å². The average molecular weight is 231 g/mol. The van der Waals surface area contributed by atoms with Gasteiger partial charge in [-0.25, -0.2) is 0 Å². The smallest absolute Gasteiger partial charge is 0.320 e. The van der Waals surface area contributed by atoms with E-state index in [1.54, 1.807) is 0 Å². The summed E-state index contributed by atoms with van der Waals surface area (Å²) >= 11 is 0. The zero-order valence-corrected chi connectivity index (χ0v) is 10.9. The average Bonchev–Trinajstić information content (AvgIpc) is 2.24. The van der Waals surface area contributed by atoms with Gasteiger partial charge in [-0.05, 0) is 26.7 Å². The summed E-state index contributed by atoms with van der Waals surface area (Å²) in [4.78, 5) is 11.3. The lowest BCUT2D eigenvalue weighted by Crippen LogP contribution is -2.39. The number of aliphatic hydroxyl groups excluding tert-OH is 1. The molecule has 0 bridgehead atoms. The number of carbonyl (C=O) groups is 1. The minimum Gasteiger partial charge on any atom is -0.462 e. The van der Waals surface area contributed by atoms with Crippen molar-refractivity contribution in [1.29, 1.82) is 0 Å². The van der Waals surface area contributed by atoms with Gasteiger partial charge in [0.25, 0.3) is 0 Å². The van der Waals surface area contributed by atoms with Gasteiger partial charge in [-0.1, -0.05) is 13.8 Å². The molecule has 16 heavy (non-hydrogen) atoms. The fraction of sp³-hybridized carbons (Fsp3) is 0.917. The van der Waals surface area contributed by atoms with Crippen LogP contribution < -0.4 is 5.32 Å². The Balaban J connectivity index is 3.91. The standard InChI is InChI=1S/C12H25NO3/c1-5-12(6-2,9-14)8-13-7-11(15)16-10(3)4/h10,13-14H,5-9H2,1-4H3. The Bertz CT molecular complexity index is 192. The lowest BCUT2D eigenvalue weighted by Gasteiger charge is -2.29. The van der Waals surface area contributed by atoms with E-state index in [0.29, 0.717) is 6.54 Å². The first-order valence-corrected chi connectivity index (χ1v) is 6.00. The van der Waals surface area contributed by atoms with Crippen LogP contribution in [0.1, 0.15) is 40.5 Å². The second-order valence-corrected chi connectivity index (χ2v) is 4.51. The molecule has 0 heterocycles. The Hall–Kier alpha value is -0.610. The number of aliphatic hydroxyl groups is 1. The lowest BCUT2D eigenvalue weighted by molar-refractivity contribution is -0.146. The van der Waals surface area contributed by atoms with Crippen molar-refractivity contribution >= 4 is 5.97 Å². The van der Waals surface area contributed by atoms with Crippen LogP contribution in [0.2, 0.25) is 0 Å². The Morgan fingerprint density at radius 3 is 2.31 bits per heavy atom. The van der Waals surface area contributed by atoms with Crippen molar-refractivity contribution < 1.29 is 14.6 Å². The van der Waals surface area contributed by atoms with E-state index < -0.39 is 0 Å². The summed E-state index contributed by atoms with van der Waals surface area (Å²) in [5.41, 5.74) is -0.113. The van der Waals surface area contributed by atoms with Crippen molar-refractivity contribution in [2.75, 3.05) is 19.7 Å². The molecule has 0 aliphatic carbocycles. The number of carbonyl (C=O) groups excluding carboxylic acids is 1. The molecular formula is C12H25NO3. The van der Waals surface area contributed by atoms with E-state index in [1.165, 1.54) is 0 Å². The summed E-state index contributed by atoms with van der Waals surface area (Å²) in [6.45, 7) is 8.75. The molecule has 0 rings (SSSR count). The molecule has 0 unspecified atom stereocenters. The molecule has 0 aromatic rings. The van der Waals surface area contributed by atoms with Crippen molar-refractivity contribution in [2.24, 2.45) is 5.41 Å². The first-order chi connectivity index (χ1) is 7.49. The third-order valence-electron chi connectivity index (χ3n) is 2.97. The summed E-state index contributed by atoms with van der Waals surface area (Å²) in [7, 11) is 0. The third kappa shape index (κ3) is 5.47. The molecule has 0 aromatic heterocycles. The first kappa shape index (κ1) is 15.4. The van der Waals surface area contributed by atoms with Gasteiger partial charge in [-0.2, -0.15) is 0 Å². The van der Waals surface area contributed by atoms with Gasteiger partial charge in [0.1, 0.15) is 0 Å². The van der Waals surface area contributed by atoms with E-state index in [-0.39, 0.29) is 30.6 Å². The summed E-state index contributed by atoms with van der Waals surface area (Å²) in [5, 5.41) is 12.4. The molecule has 0 radical (unpaired) electrons. The minimum absolute atomic E-state index is 0.0748. The van der Waals surface area contributed by atoms with Crippen LogP contribution in [-0.2, 0) is 9.53 Å². The van der Waals surface area contributed by atoms with E-state index in [1.807, 2.05) is 27.7 Å². The zero-order valence-electron chi connectivity index (χ0n) is 10.9. The van der Waals surface area contributed by atoms with E-state index in [0.717, 1.165) is 12.8 Å². The Morgan fingerprint density at radius 2 is 1.94 bits per heavy atom. The van der Waals surface area contributed by atoms with Crippen LogP contribution in [0, 0.1) is 5.41 Å². The molecule has 0 aromatic carbocycles. The molecule has 4 nitrogen and oxygen atoms in total. The number of rotatable bonds is 8. The second kappa shape index (κ2) is 7.63. The third-order valence-corrected chi connectivity index (χ3v) is 2.97. The second-order valence-electron chi connectivity index (χ2n) is 4.51. The molecule has 96 valence electrons. The van der Waals surface area contributed by atoms with E-state index >= 15 is 0 Å². The summed E-state index contributed by atoms with van der Waals surface area (Å²) in [6.07, 6.45) is 1.72. The Morgan fingerprint density at radius 1 is 1.38 bits per heavy atom. The first-order valence-electron chi connectivity index (χ1n) is 6.00. The normalized spacial score (nSPS) is 11.9. The van der Waals surface area contributed by atoms with Gasteiger partial charge in [0.15, 0.2) is 0 Å². The largest absolute Gasteiger partial charge is 0.462 e. The molecule has 0 aliphatic heterocycles. The molecule has 4 heteroatoms. The van der Waals surface area contributed by atoms with Crippen molar-refractivity contribution in [3.63, 3.8) is 0 Å². The van der Waals surface area contributed by atoms with Gasteiger partial charge in [0.2, 0.25) is 0 Å². The molecule has 0 aliphatic rings. The van der Waals surface area contributed by atoms with E-state index in [4.69, 9.17) is 4.74 Å². The van der Waals surface area contributed by atoms with Crippen LogP contribution in [0.25, 0.3) is 0 Å². The molecular weight excluding hydrogens is 206 g/mol. The number of esters is 1. The van der Waals surface area contributed by atoms with Gasteiger partial charge in [0, 0.05) is 18.6 Å². The van der Waals surface area contributed by atoms with Crippen molar-refractivity contribution in [2.45, 2.75) is 46.6 Å². The highest BCUT2D eigenvalue weighted by Crippen LogP contribution is 2.24. The highest BCUT2D eigenvalue weighted by atomic mass is 16.5. The van der Waals surface area contributed by atoms with Crippen LogP contribution in [0.5, 0.6) is 0 Å². The number of hydrogen-bond acceptors (Lipinski definition) is 4. The van der Waals surface area contributed by atoms with Gasteiger partial charge in [-0.3, -0.25) is 4.79 Å². The van der Waals surface area contributed by atoms with Crippen LogP contribution in [0.4, 0.5) is 0 Å². The summed E-state index contributed by atoms with van der Waals surface area (Å²) in [5.74, 6) is -0.242. The maximum absolute atomic E-state index is 11.3. The van der Waals surface area contributed by atoms with E-state index in [9.17, 15) is 9.90 Å². The molecule has 0 atom stereocenters. The quantitative estimate of drug-likeness (QED) is 0.619. The number of ether oxygens (including phenoxy) is 1. The molecule has 0 saturated heterocycles. The monoisotopic (exact) mass is 231 g/mol. The minimum atomic E-state index is -0.242. The maximum Gasteiger partial charge on any atom is 0.320 e. The molecule has 0 saturated carbocycles. The number of nitrogens with one attached hydrogen (secondary N) is 1. The number of hydrogen-bond donors (Lipinski definition) is 2. The van der Waals surface area contributed by atoms with Crippen molar-refractivity contribution in [3.05, 3.63) is 0 Å². The Labute approximate surface area is 98.4 Å². The van der Waals surface area contributed by atoms with Crippen LogP contribution >= 0.6 is 0 Å². The fourth-order valence-electron chi connectivity index (χ4n) is 1.51. The summed E-state index contributed by atoms with van der Waals surface area (Å²) in [6, 6.07) is 0. The van der Waals surface area contributed by atoms with Gasteiger partial charge in [-0.15, -0.1) is 0 Å². The van der Waals surface area contributed by atoms with Gasteiger partial charge in [0.05, 0.1) is 12.6 Å². The van der Waals surface area contributed by atoms with Crippen molar-refractivity contribution in [3.8, 4) is 0 Å². The maximum atomic E-state index is 11.3. The summed E-state index contributed by atoms with van der Waals surface area (Å²) < 4.78 is 5.00. The predicted molar refractivity (Wildman–Crippen MR) is 64.2 cm³/mol. The Kier molecular flexibility index (Phi) is 7.34. The molecule has 2 N–H and O–H groups in total. The fourth-order valence-corrected chi connectivity index (χ4v) is 1.51. The lowest BCUT2D eigenvalue weighted by atomic mass is 9.83. The highest BCUT2D eigenvalue weighted by Gasteiger charge is 2.24. The molecule has 0 amide bonds. The topological polar surface area (TPSA) is 58.6 Å². The van der Waals surface area contributed by atoms with Crippen LogP contribution in [0.15, 0.2) is 0 Å². The highest BCUT2D eigenvalue weighted by molar-refractivity contribution is 5.71. The van der Waals surface area contributed by atoms with Gasteiger partial charge < -0.3 is 15.2 Å². The van der Waals surface area contributed by atoms with Crippen molar-refractivity contribution in [1.82, 2.24) is 5.32 Å². The van der Waals surface area contributed by atoms with E-state index in [2.05, 4.69) is 5.32 Å². The molecule has 0 fully saturated rings. The van der Waals surface area contributed by atoms with Crippen LogP contribution in [-0.4, -0.2) is 36.9 Å². The van der Waals surface area contributed by atoms with Crippen LogP contribution in [0.3, 0.4) is 0 Å². The zero-order chi connectivity index (χ0) is 12.6. The predicted octanol–water partition coefficient (Wildman–Crippen LogP) is 1.33. The SMILES string of the molecule is CCC(CC)(CO)CNCC(=O)OC(C)C. The molecule has 0 spiro atoms.